The molecular weight excluding hydrogens is 316 g/mol. The Kier molecular flexibility index (Phi) is 4.92. The van der Waals surface area contributed by atoms with Crippen molar-refractivity contribution in [3.05, 3.63) is 23.2 Å². The molecule has 1 aromatic heterocycles. The van der Waals surface area contributed by atoms with E-state index in [9.17, 15) is 13.2 Å². The summed E-state index contributed by atoms with van der Waals surface area (Å²) in [5.41, 5.74) is 5.98. The van der Waals surface area contributed by atoms with Gasteiger partial charge in [-0.3, -0.25) is 9.69 Å². The van der Waals surface area contributed by atoms with Gasteiger partial charge in [-0.2, -0.15) is 0 Å². The highest BCUT2D eigenvalue weighted by molar-refractivity contribution is 7.91. The number of hydrogen-bond acceptors (Lipinski definition) is 5. The van der Waals surface area contributed by atoms with E-state index in [4.69, 9.17) is 10.2 Å². The zero-order chi connectivity index (χ0) is 17.4. The van der Waals surface area contributed by atoms with Crippen molar-refractivity contribution in [3.63, 3.8) is 0 Å². The molecular formula is C16H26N2O4S. The van der Waals surface area contributed by atoms with Crippen LogP contribution in [0.5, 0.6) is 0 Å². The molecule has 0 saturated carbocycles. The average Bonchev–Trinajstić information content (AvgIpc) is 2.99. The van der Waals surface area contributed by atoms with Gasteiger partial charge in [0.15, 0.2) is 15.6 Å². The lowest BCUT2D eigenvalue weighted by molar-refractivity contribution is 0.0970. The van der Waals surface area contributed by atoms with Gasteiger partial charge in [0.1, 0.15) is 5.76 Å². The first-order valence-corrected chi connectivity index (χ1v) is 9.73. The highest BCUT2D eigenvalue weighted by atomic mass is 32.2. The Morgan fingerprint density at radius 2 is 2.09 bits per heavy atom. The van der Waals surface area contributed by atoms with Crippen LogP contribution in [0.15, 0.2) is 10.5 Å². The van der Waals surface area contributed by atoms with Crippen LogP contribution in [0.25, 0.3) is 0 Å². The van der Waals surface area contributed by atoms with Gasteiger partial charge in [0, 0.05) is 23.6 Å². The first-order chi connectivity index (χ1) is 10.5. The minimum Gasteiger partial charge on any atom is -0.455 e. The first kappa shape index (κ1) is 18.0. The molecule has 1 fully saturated rings. The van der Waals surface area contributed by atoms with Crippen molar-refractivity contribution in [1.29, 1.82) is 0 Å². The van der Waals surface area contributed by atoms with Crippen molar-refractivity contribution >= 4 is 15.7 Å². The van der Waals surface area contributed by atoms with E-state index in [0.717, 1.165) is 17.9 Å². The largest absolute Gasteiger partial charge is 0.455 e. The summed E-state index contributed by atoms with van der Waals surface area (Å²) in [7, 11) is -2.93. The molecule has 0 unspecified atom stereocenters. The summed E-state index contributed by atoms with van der Waals surface area (Å²) in [5, 5.41) is 0. The summed E-state index contributed by atoms with van der Waals surface area (Å²) >= 11 is 0. The number of hydrogen-bond donors (Lipinski definition) is 1. The lowest BCUT2D eigenvalue weighted by Gasteiger charge is -2.27. The quantitative estimate of drug-likeness (QED) is 0.879. The molecule has 1 aromatic rings. The van der Waals surface area contributed by atoms with Crippen molar-refractivity contribution in [3.8, 4) is 0 Å². The molecule has 0 aromatic carbocycles. The SMILES string of the molecule is CCN(Cc1cc(C(N)=O)oc1C(C)(C)C)[C@H]1CCS(=O)(=O)C1. The van der Waals surface area contributed by atoms with Crippen molar-refractivity contribution in [1.82, 2.24) is 4.90 Å². The number of primary amides is 1. The third-order valence-electron chi connectivity index (χ3n) is 4.24. The number of carbonyl (C=O) groups excluding carboxylic acids is 1. The van der Waals surface area contributed by atoms with Crippen LogP contribution in [0.4, 0.5) is 0 Å². The molecule has 1 amide bonds. The van der Waals surface area contributed by atoms with Crippen LogP contribution < -0.4 is 5.73 Å². The Labute approximate surface area is 137 Å². The Morgan fingerprint density at radius 1 is 1.43 bits per heavy atom. The van der Waals surface area contributed by atoms with Gasteiger partial charge in [0.05, 0.1) is 11.5 Å². The highest BCUT2D eigenvalue weighted by Gasteiger charge is 2.33. The normalized spacial score (nSPS) is 21.0. The van der Waals surface area contributed by atoms with E-state index < -0.39 is 15.7 Å². The molecule has 1 saturated heterocycles. The second-order valence-corrected chi connectivity index (χ2v) is 9.43. The van der Waals surface area contributed by atoms with Crippen LogP contribution in [0.3, 0.4) is 0 Å². The van der Waals surface area contributed by atoms with Crippen LogP contribution in [0.2, 0.25) is 0 Å². The van der Waals surface area contributed by atoms with E-state index in [-0.39, 0.29) is 28.7 Å². The Morgan fingerprint density at radius 3 is 2.52 bits per heavy atom. The predicted molar refractivity (Wildman–Crippen MR) is 89.1 cm³/mol. The summed E-state index contributed by atoms with van der Waals surface area (Å²) in [5.74, 6) is 0.739. The number of rotatable bonds is 5. The zero-order valence-electron chi connectivity index (χ0n) is 14.3. The topological polar surface area (TPSA) is 93.6 Å². The average molecular weight is 342 g/mol. The van der Waals surface area contributed by atoms with Gasteiger partial charge in [0.25, 0.3) is 5.91 Å². The molecule has 1 aliphatic rings. The van der Waals surface area contributed by atoms with Crippen molar-refractivity contribution < 1.29 is 17.6 Å². The van der Waals surface area contributed by atoms with Gasteiger partial charge in [-0.25, -0.2) is 8.42 Å². The van der Waals surface area contributed by atoms with Crippen LogP contribution in [0.1, 0.15) is 56.0 Å². The molecule has 0 bridgehead atoms. The molecule has 130 valence electrons. The van der Waals surface area contributed by atoms with Crippen LogP contribution >= 0.6 is 0 Å². The number of nitrogens with zero attached hydrogens (tertiary/aromatic N) is 1. The summed E-state index contributed by atoms with van der Waals surface area (Å²) in [6.45, 7) is 9.33. The number of carbonyl (C=O) groups is 1. The molecule has 6 nitrogen and oxygen atoms in total. The fourth-order valence-corrected chi connectivity index (χ4v) is 4.85. The van der Waals surface area contributed by atoms with Gasteiger partial charge in [-0.05, 0) is 19.0 Å². The van der Waals surface area contributed by atoms with E-state index in [1.165, 1.54) is 0 Å². The first-order valence-electron chi connectivity index (χ1n) is 7.91. The third kappa shape index (κ3) is 4.14. The minimum absolute atomic E-state index is 0.0183. The van der Waals surface area contributed by atoms with Crippen molar-refractivity contribution in [2.45, 2.75) is 52.1 Å². The standard InChI is InChI=1S/C16H26N2O4S/c1-5-18(12-6-7-23(20,21)10-12)9-11-8-13(15(17)19)22-14(11)16(2,3)4/h8,12H,5-7,9-10H2,1-4H3,(H2,17,19)/t12-/m0/s1. The van der Waals surface area contributed by atoms with Crippen molar-refractivity contribution in [2.75, 3.05) is 18.1 Å². The number of amides is 1. The third-order valence-corrected chi connectivity index (χ3v) is 5.99. The monoisotopic (exact) mass is 342 g/mol. The Hall–Kier alpha value is -1.34. The summed E-state index contributed by atoms with van der Waals surface area (Å²) in [6.07, 6.45) is 0.654. The fraction of sp³-hybridized carbons (Fsp3) is 0.688. The Bertz CT molecular complexity index is 685. The van der Waals surface area contributed by atoms with Crippen molar-refractivity contribution in [2.24, 2.45) is 5.73 Å². The molecule has 2 heterocycles. The summed E-state index contributed by atoms with van der Waals surface area (Å²) in [6, 6.07) is 1.71. The molecule has 0 aliphatic carbocycles. The van der Waals surface area contributed by atoms with E-state index in [2.05, 4.69) is 4.90 Å². The van der Waals surface area contributed by atoms with Gasteiger partial charge in [-0.15, -0.1) is 0 Å². The van der Waals surface area contributed by atoms with Crippen LogP contribution in [-0.2, 0) is 21.8 Å². The molecule has 1 atom stereocenters. The zero-order valence-corrected chi connectivity index (χ0v) is 15.1. The maximum Gasteiger partial charge on any atom is 0.284 e. The second-order valence-electron chi connectivity index (χ2n) is 7.20. The van der Waals surface area contributed by atoms with E-state index >= 15 is 0 Å². The van der Waals surface area contributed by atoms with Gasteiger partial charge in [-0.1, -0.05) is 27.7 Å². The second kappa shape index (κ2) is 6.28. The molecule has 2 rings (SSSR count). The molecule has 2 N–H and O–H groups in total. The summed E-state index contributed by atoms with van der Waals surface area (Å²) in [4.78, 5) is 13.6. The smallest absolute Gasteiger partial charge is 0.284 e. The molecule has 7 heteroatoms. The van der Waals surface area contributed by atoms with E-state index in [1.54, 1.807) is 6.07 Å². The lowest BCUT2D eigenvalue weighted by atomic mass is 9.90. The van der Waals surface area contributed by atoms with Gasteiger partial charge < -0.3 is 10.2 Å². The highest BCUT2D eigenvalue weighted by Crippen LogP contribution is 2.31. The van der Waals surface area contributed by atoms with E-state index in [1.807, 2.05) is 27.7 Å². The molecule has 0 spiro atoms. The number of nitrogens with two attached hydrogens (primary N) is 1. The maximum atomic E-state index is 11.7. The van der Waals surface area contributed by atoms with Gasteiger partial charge in [0.2, 0.25) is 0 Å². The van der Waals surface area contributed by atoms with E-state index in [0.29, 0.717) is 13.0 Å². The summed E-state index contributed by atoms with van der Waals surface area (Å²) < 4.78 is 29.1. The molecule has 0 radical (unpaired) electrons. The Balaban J connectivity index is 2.28. The number of sulfone groups is 1. The molecule has 1 aliphatic heterocycles. The van der Waals surface area contributed by atoms with Crippen LogP contribution in [-0.4, -0.2) is 43.3 Å². The number of furan rings is 1. The lowest BCUT2D eigenvalue weighted by Crippen LogP contribution is -2.36. The molecule has 23 heavy (non-hydrogen) atoms. The minimum atomic E-state index is -2.93. The maximum absolute atomic E-state index is 11.7. The predicted octanol–water partition coefficient (Wildman–Crippen LogP) is 1.69. The fourth-order valence-electron chi connectivity index (χ4n) is 3.08. The van der Waals surface area contributed by atoms with Crippen LogP contribution in [0, 0.1) is 0 Å². The van der Waals surface area contributed by atoms with Gasteiger partial charge >= 0.3 is 0 Å².